The van der Waals surface area contributed by atoms with E-state index in [-0.39, 0.29) is 11.9 Å². The minimum atomic E-state index is -0.169. The molecule has 0 spiro atoms. The number of methoxy groups -OCH3 is 1. The van der Waals surface area contributed by atoms with E-state index in [1.165, 1.54) is 0 Å². The molecule has 19 heavy (non-hydrogen) atoms. The van der Waals surface area contributed by atoms with E-state index in [9.17, 15) is 4.39 Å². The molecule has 1 N–H and O–H groups in total. The van der Waals surface area contributed by atoms with Crippen LogP contribution >= 0.6 is 0 Å². The number of aryl methyl sites for hydroxylation is 1. The number of halogens is 1. The molecule has 0 saturated carbocycles. The number of hydrogen-bond donors (Lipinski definition) is 1. The minimum absolute atomic E-state index is 0.0203. The zero-order valence-corrected chi connectivity index (χ0v) is 12.0. The largest absolute Gasteiger partial charge is 0.382 e. The quantitative estimate of drug-likeness (QED) is 0.699. The second-order valence-electron chi connectivity index (χ2n) is 4.58. The molecule has 4 heteroatoms. The summed E-state index contributed by atoms with van der Waals surface area (Å²) in [7, 11) is 1.64. The van der Waals surface area contributed by atoms with Gasteiger partial charge < -0.3 is 14.8 Å². The van der Waals surface area contributed by atoms with Crippen molar-refractivity contribution in [2.24, 2.45) is 0 Å². The van der Waals surface area contributed by atoms with Crippen molar-refractivity contribution >= 4 is 0 Å². The zero-order valence-electron chi connectivity index (χ0n) is 12.0. The number of nitrogens with one attached hydrogen (secondary N) is 1. The van der Waals surface area contributed by atoms with Crippen LogP contribution in [-0.2, 0) is 9.47 Å². The van der Waals surface area contributed by atoms with Gasteiger partial charge in [-0.05, 0) is 37.1 Å². The molecular formula is C15H24FNO2. The molecule has 0 aromatic heterocycles. The molecule has 1 atom stereocenters. The summed E-state index contributed by atoms with van der Waals surface area (Å²) >= 11 is 0. The molecule has 1 aromatic rings. The topological polar surface area (TPSA) is 30.5 Å². The monoisotopic (exact) mass is 269 g/mol. The van der Waals surface area contributed by atoms with Crippen molar-refractivity contribution in [1.29, 1.82) is 0 Å². The summed E-state index contributed by atoms with van der Waals surface area (Å²) in [6.07, 6.45) is 1.03. The van der Waals surface area contributed by atoms with Crippen LogP contribution in [0.15, 0.2) is 18.2 Å². The highest BCUT2D eigenvalue weighted by Crippen LogP contribution is 2.17. The van der Waals surface area contributed by atoms with Crippen molar-refractivity contribution < 1.29 is 13.9 Å². The third-order valence-electron chi connectivity index (χ3n) is 2.96. The van der Waals surface area contributed by atoms with Crippen LogP contribution in [0.1, 0.15) is 30.5 Å². The maximum atomic E-state index is 13.6. The molecule has 0 radical (unpaired) electrons. The molecule has 1 rings (SSSR count). The first-order valence-corrected chi connectivity index (χ1v) is 6.75. The van der Waals surface area contributed by atoms with Crippen LogP contribution in [0.5, 0.6) is 0 Å². The van der Waals surface area contributed by atoms with E-state index >= 15 is 0 Å². The number of hydrogen-bond acceptors (Lipinski definition) is 3. The molecule has 0 fully saturated rings. The van der Waals surface area contributed by atoms with E-state index in [2.05, 4.69) is 12.2 Å². The Balaban J connectivity index is 2.63. The van der Waals surface area contributed by atoms with Gasteiger partial charge in [0.25, 0.3) is 0 Å². The number of rotatable bonds is 9. The first-order valence-electron chi connectivity index (χ1n) is 6.75. The molecule has 0 bridgehead atoms. The van der Waals surface area contributed by atoms with Crippen LogP contribution in [0.4, 0.5) is 4.39 Å². The van der Waals surface area contributed by atoms with Gasteiger partial charge in [0.1, 0.15) is 5.82 Å². The smallest absolute Gasteiger partial charge is 0.126 e. The summed E-state index contributed by atoms with van der Waals surface area (Å²) in [4.78, 5) is 0. The lowest BCUT2D eigenvalue weighted by Gasteiger charge is -2.19. The minimum Gasteiger partial charge on any atom is -0.382 e. The van der Waals surface area contributed by atoms with Crippen molar-refractivity contribution in [2.45, 2.75) is 26.3 Å². The molecule has 0 saturated heterocycles. The van der Waals surface area contributed by atoms with Gasteiger partial charge in [-0.25, -0.2) is 4.39 Å². The molecule has 1 unspecified atom stereocenters. The Morgan fingerprint density at radius 2 is 2.11 bits per heavy atom. The third kappa shape index (κ3) is 5.68. The summed E-state index contributed by atoms with van der Waals surface area (Å²) in [5, 5.41) is 3.38. The zero-order chi connectivity index (χ0) is 14.1. The highest BCUT2D eigenvalue weighted by Gasteiger charge is 2.12. The van der Waals surface area contributed by atoms with Crippen molar-refractivity contribution in [2.75, 3.05) is 33.5 Å². The van der Waals surface area contributed by atoms with Crippen LogP contribution in [0.2, 0.25) is 0 Å². The van der Waals surface area contributed by atoms with Gasteiger partial charge in [-0.1, -0.05) is 19.1 Å². The van der Waals surface area contributed by atoms with Gasteiger partial charge in [0, 0.05) is 7.11 Å². The van der Waals surface area contributed by atoms with Crippen molar-refractivity contribution in [3.05, 3.63) is 35.1 Å². The van der Waals surface area contributed by atoms with E-state index in [1.807, 2.05) is 6.07 Å². The lowest BCUT2D eigenvalue weighted by molar-refractivity contribution is 0.0585. The standard InChI is InChI=1S/C15H24FNO2/c1-4-7-17-15(11-19-9-8-18-3)13-6-5-12(2)14(16)10-13/h5-6,10,15,17H,4,7-9,11H2,1-3H3. The van der Waals surface area contributed by atoms with E-state index < -0.39 is 0 Å². The van der Waals surface area contributed by atoms with Gasteiger partial charge in [0.2, 0.25) is 0 Å². The second-order valence-corrected chi connectivity index (χ2v) is 4.58. The van der Waals surface area contributed by atoms with Crippen LogP contribution in [-0.4, -0.2) is 33.5 Å². The molecule has 1 aromatic carbocycles. The fourth-order valence-corrected chi connectivity index (χ4v) is 1.76. The SMILES string of the molecule is CCCNC(COCCOC)c1ccc(C)c(F)c1. The van der Waals surface area contributed by atoms with E-state index in [0.717, 1.165) is 18.5 Å². The predicted molar refractivity (Wildman–Crippen MR) is 74.9 cm³/mol. The van der Waals surface area contributed by atoms with Crippen molar-refractivity contribution in [3.63, 3.8) is 0 Å². The lowest BCUT2D eigenvalue weighted by Crippen LogP contribution is -2.27. The van der Waals surface area contributed by atoms with Crippen LogP contribution in [0, 0.1) is 12.7 Å². The molecular weight excluding hydrogens is 245 g/mol. The second kappa shape index (κ2) is 9.02. The Bertz CT molecular complexity index is 371. The van der Waals surface area contributed by atoms with E-state index in [0.29, 0.717) is 25.4 Å². The summed E-state index contributed by atoms with van der Waals surface area (Å²) < 4.78 is 24.1. The first kappa shape index (κ1) is 16.1. The lowest BCUT2D eigenvalue weighted by atomic mass is 10.1. The van der Waals surface area contributed by atoms with Crippen LogP contribution in [0.3, 0.4) is 0 Å². The van der Waals surface area contributed by atoms with Crippen molar-refractivity contribution in [3.8, 4) is 0 Å². The normalized spacial score (nSPS) is 12.6. The van der Waals surface area contributed by atoms with Gasteiger partial charge in [-0.3, -0.25) is 0 Å². The number of benzene rings is 1. The van der Waals surface area contributed by atoms with Gasteiger partial charge in [0.05, 0.1) is 25.9 Å². The summed E-state index contributed by atoms with van der Waals surface area (Å²) in [5.74, 6) is -0.169. The van der Waals surface area contributed by atoms with Crippen LogP contribution < -0.4 is 5.32 Å². The van der Waals surface area contributed by atoms with Crippen LogP contribution in [0.25, 0.3) is 0 Å². The average molecular weight is 269 g/mol. The summed E-state index contributed by atoms with van der Waals surface area (Å²) in [6, 6.07) is 5.36. The van der Waals surface area contributed by atoms with Gasteiger partial charge in [-0.15, -0.1) is 0 Å². The Morgan fingerprint density at radius 1 is 1.32 bits per heavy atom. The maximum absolute atomic E-state index is 13.6. The maximum Gasteiger partial charge on any atom is 0.126 e. The Morgan fingerprint density at radius 3 is 2.74 bits per heavy atom. The average Bonchev–Trinajstić information content (AvgIpc) is 2.41. The van der Waals surface area contributed by atoms with E-state index in [4.69, 9.17) is 9.47 Å². The molecule has 0 amide bonds. The number of ether oxygens (including phenoxy) is 2. The summed E-state index contributed by atoms with van der Waals surface area (Å²) in [6.45, 7) is 6.39. The molecule has 0 aliphatic rings. The third-order valence-corrected chi connectivity index (χ3v) is 2.96. The first-order chi connectivity index (χ1) is 9.19. The highest BCUT2D eigenvalue weighted by molar-refractivity contribution is 5.25. The fourth-order valence-electron chi connectivity index (χ4n) is 1.76. The Labute approximate surface area is 115 Å². The van der Waals surface area contributed by atoms with Gasteiger partial charge >= 0.3 is 0 Å². The Kier molecular flexibility index (Phi) is 7.63. The predicted octanol–water partition coefficient (Wildman–Crippen LogP) is 2.84. The molecule has 0 aliphatic carbocycles. The molecule has 0 heterocycles. The van der Waals surface area contributed by atoms with Crippen molar-refractivity contribution in [1.82, 2.24) is 5.32 Å². The fraction of sp³-hybridized carbons (Fsp3) is 0.600. The van der Waals surface area contributed by atoms with E-state index in [1.54, 1.807) is 26.2 Å². The van der Waals surface area contributed by atoms with Gasteiger partial charge in [-0.2, -0.15) is 0 Å². The molecule has 108 valence electrons. The molecule has 3 nitrogen and oxygen atoms in total. The molecule has 0 aliphatic heterocycles. The highest BCUT2D eigenvalue weighted by atomic mass is 19.1. The summed E-state index contributed by atoms with van der Waals surface area (Å²) in [5.41, 5.74) is 1.59. The van der Waals surface area contributed by atoms with Gasteiger partial charge in [0.15, 0.2) is 0 Å². The Hall–Kier alpha value is -0.970.